The van der Waals surface area contributed by atoms with Gasteiger partial charge in [0.05, 0.1) is 17.0 Å². The number of nitriles is 1. The van der Waals surface area contributed by atoms with E-state index in [0.29, 0.717) is 11.3 Å². The average Bonchev–Trinajstić information content (AvgIpc) is 2.49. The Kier molecular flexibility index (Phi) is 4.72. The van der Waals surface area contributed by atoms with Gasteiger partial charge in [-0.15, -0.1) is 0 Å². The second-order valence-corrected chi connectivity index (χ2v) is 5.52. The van der Waals surface area contributed by atoms with Crippen LogP contribution in [-0.2, 0) is 0 Å². The summed E-state index contributed by atoms with van der Waals surface area (Å²) in [6.07, 6.45) is 3.91. The van der Waals surface area contributed by atoms with E-state index in [1.54, 1.807) is 12.1 Å². The Morgan fingerprint density at radius 2 is 1.86 bits per heavy atom. The van der Waals surface area contributed by atoms with Crippen LogP contribution in [0.1, 0.15) is 49.1 Å². The number of rotatable bonds is 3. The van der Waals surface area contributed by atoms with Gasteiger partial charge in [0.25, 0.3) is 0 Å². The lowest BCUT2D eigenvalue weighted by atomic mass is 9.89. The fraction of sp³-hybridized carbons (Fsp3) is 0.263. The largest absolute Gasteiger partial charge is 0.251 e. The molecule has 3 heteroatoms. The van der Waals surface area contributed by atoms with Crippen molar-refractivity contribution >= 4 is 6.08 Å². The molecule has 0 amide bonds. The Morgan fingerprint density at radius 3 is 2.36 bits per heavy atom. The van der Waals surface area contributed by atoms with Gasteiger partial charge < -0.3 is 0 Å². The topological polar surface area (TPSA) is 36.7 Å². The minimum atomic E-state index is -0.272. The molecule has 0 N–H and O–H groups in total. The smallest absolute Gasteiger partial charge is 0.123 e. The summed E-state index contributed by atoms with van der Waals surface area (Å²) >= 11 is 0. The Morgan fingerprint density at radius 1 is 1.23 bits per heavy atom. The van der Waals surface area contributed by atoms with Crippen molar-refractivity contribution in [2.45, 2.75) is 33.6 Å². The maximum absolute atomic E-state index is 13.2. The van der Waals surface area contributed by atoms with Gasteiger partial charge in [-0.2, -0.15) is 5.26 Å². The van der Waals surface area contributed by atoms with E-state index in [1.807, 2.05) is 26.0 Å². The summed E-state index contributed by atoms with van der Waals surface area (Å²) in [4.78, 5) is 4.61. The lowest BCUT2D eigenvalue weighted by Crippen LogP contribution is -2.05. The number of aryl methyl sites for hydroxylation is 1. The molecule has 2 nitrogen and oxygen atoms in total. The van der Waals surface area contributed by atoms with E-state index in [4.69, 9.17) is 0 Å². The van der Waals surface area contributed by atoms with Crippen LogP contribution >= 0.6 is 0 Å². The van der Waals surface area contributed by atoms with Gasteiger partial charge in [0.15, 0.2) is 0 Å². The first-order valence-corrected chi connectivity index (χ1v) is 7.32. The van der Waals surface area contributed by atoms with E-state index in [0.717, 1.165) is 22.4 Å². The number of hydrogen-bond acceptors (Lipinski definition) is 2. The molecule has 0 radical (unpaired) electrons. The molecule has 0 atom stereocenters. The Balaban J connectivity index is 2.84. The zero-order valence-electron chi connectivity index (χ0n) is 13.3. The van der Waals surface area contributed by atoms with E-state index < -0.39 is 0 Å². The van der Waals surface area contributed by atoms with Crippen LogP contribution in [0.25, 0.3) is 17.3 Å². The second-order valence-electron chi connectivity index (χ2n) is 5.52. The Labute approximate surface area is 130 Å². The molecule has 2 aromatic rings. The minimum absolute atomic E-state index is 0.196. The third-order valence-corrected chi connectivity index (χ3v) is 3.60. The quantitative estimate of drug-likeness (QED) is 0.777. The van der Waals surface area contributed by atoms with Crippen molar-refractivity contribution in [2.75, 3.05) is 0 Å². The molecule has 0 fully saturated rings. The van der Waals surface area contributed by atoms with Crippen LogP contribution in [0.15, 0.2) is 30.3 Å². The molecule has 0 spiro atoms. The molecule has 2 rings (SSSR count). The average molecular weight is 294 g/mol. The van der Waals surface area contributed by atoms with E-state index in [2.05, 4.69) is 24.9 Å². The van der Waals surface area contributed by atoms with E-state index in [-0.39, 0.29) is 11.7 Å². The van der Waals surface area contributed by atoms with E-state index in [9.17, 15) is 9.65 Å². The maximum atomic E-state index is 13.2. The first-order chi connectivity index (χ1) is 10.5. The van der Waals surface area contributed by atoms with E-state index >= 15 is 0 Å². The van der Waals surface area contributed by atoms with Crippen molar-refractivity contribution in [3.8, 4) is 17.3 Å². The molecule has 0 bridgehead atoms. The Hall–Kier alpha value is -2.47. The van der Waals surface area contributed by atoms with Crippen LogP contribution in [0.2, 0.25) is 0 Å². The molecule has 0 aliphatic rings. The Bertz CT molecular complexity index is 750. The molecule has 0 saturated heterocycles. The zero-order chi connectivity index (χ0) is 16.3. The molecule has 0 saturated carbocycles. The van der Waals surface area contributed by atoms with Gasteiger partial charge in [-0.3, -0.25) is 4.98 Å². The monoisotopic (exact) mass is 294 g/mol. The van der Waals surface area contributed by atoms with Gasteiger partial charge in [-0.05, 0) is 49.6 Å². The van der Waals surface area contributed by atoms with Crippen LogP contribution < -0.4 is 0 Å². The predicted molar refractivity (Wildman–Crippen MR) is 87.9 cm³/mol. The van der Waals surface area contributed by atoms with Gasteiger partial charge in [-0.25, -0.2) is 4.39 Å². The number of pyridine rings is 1. The molecule has 1 aromatic heterocycles. The highest BCUT2D eigenvalue weighted by Gasteiger charge is 2.19. The lowest BCUT2D eigenvalue weighted by molar-refractivity contribution is 0.628. The lowest BCUT2D eigenvalue weighted by Gasteiger charge is -2.18. The van der Waals surface area contributed by atoms with Gasteiger partial charge in [0, 0.05) is 11.1 Å². The van der Waals surface area contributed by atoms with Crippen molar-refractivity contribution in [3.05, 3.63) is 58.5 Å². The summed E-state index contributed by atoms with van der Waals surface area (Å²) in [7, 11) is 0. The van der Waals surface area contributed by atoms with Crippen molar-refractivity contribution < 1.29 is 4.39 Å². The standard InChI is InChI=1S/C19H19FN2/c1-5-6-16-18(12(2)3)17(11-21)13(4)22-19(16)14-7-9-15(20)10-8-14/h5-10,12H,1-4H3/b6-5+. The first kappa shape index (κ1) is 15.9. The highest BCUT2D eigenvalue weighted by Crippen LogP contribution is 2.33. The molecular weight excluding hydrogens is 275 g/mol. The van der Waals surface area contributed by atoms with Gasteiger partial charge in [-0.1, -0.05) is 26.0 Å². The zero-order valence-corrected chi connectivity index (χ0v) is 13.3. The van der Waals surface area contributed by atoms with Gasteiger partial charge in [0.1, 0.15) is 11.9 Å². The van der Waals surface area contributed by atoms with Crippen molar-refractivity contribution in [3.63, 3.8) is 0 Å². The minimum Gasteiger partial charge on any atom is -0.251 e. The first-order valence-electron chi connectivity index (χ1n) is 7.32. The molecule has 1 aromatic carbocycles. The molecule has 0 unspecified atom stereocenters. The second kappa shape index (κ2) is 6.53. The predicted octanol–water partition coefficient (Wildman–Crippen LogP) is 5.22. The summed E-state index contributed by atoms with van der Waals surface area (Å²) in [6.45, 7) is 7.91. The number of hydrogen-bond donors (Lipinski definition) is 0. The number of allylic oxidation sites excluding steroid dienone is 1. The molecule has 0 aliphatic carbocycles. The summed E-state index contributed by atoms with van der Waals surface area (Å²) in [5, 5.41) is 9.47. The summed E-state index contributed by atoms with van der Waals surface area (Å²) in [5.41, 5.74) is 4.91. The molecule has 112 valence electrons. The maximum Gasteiger partial charge on any atom is 0.123 e. The molecule has 22 heavy (non-hydrogen) atoms. The molecular formula is C19H19FN2. The molecule has 0 aliphatic heterocycles. The van der Waals surface area contributed by atoms with Gasteiger partial charge in [0.2, 0.25) is 0 Å². The summed E-state index contributed by atoms with van der Waals surface area (Å²) in [6, 6.07) is 8.58. The van der Waals surface area contributed by atoms with Crippen molar-refractivity contribution in [1.29, 1.82) is 5.26 Å². The van der Waals surface area contributed by atoms with E-state index in [1.165, 1.54) is 12.1 Å². The fourth-order valence-electron chi connectivity index (χ4n) is 2.64. The van der Waals surface area contributed by atoms with Crippen molar-refractivity contribution in [2.24, 2.45) is 0 Å². The number of halogens is 1. The summed E-state index contributed by atoms with van der Waals surface area (Å²) in [5.74, 6) is -0.0764. The van der Waals surface area contributed by atoms with Crippen LogP contribution in [0.4, 0.5) is 4.39 Å². The van der Waals surface area contributed by atoms with Crippen LogP contribution in [0.5, 0.6) is 0 Å². The normalized spacial score (nSPS) is 11.1. The SMILES string of the molecule is C/C=C/c1c(-c2ccc(F)cc2)nc(C)c(C#N)c1C(C)C. The number of benzene rings is 1. The molecule has 1 heterocycles. The fourth-order valence-corrected chi connectivity index (χ4v) is 2.64. The number of nitrogens with zero attached hydrogens (tertiary/aromatic N) is 2. The highest BCUT2D eigenvalue weighted by molar-refractivity contribution is 5.76. The van der Waals surface area contributed by atoms with Crippen LogP contribution in [0, 0.1) is 24.1 Å². The number of aromatic nitrogens is 1. The van der Waals surface area contributed by atoms with Crippen LogP contribution in [-0.4, -0.2) is 4.98 Å². The summed E-state index contributed by atoms with van der Waals surface area (Å²) < 4.78 is 13.2. The van der Waals surface area contributed by atoms with Gasteiger partial charge >= 0.3 is 0 Å². The third-order valence-electron chi connectivity index (χ3n) is 3.60. The van der Waals surface area contributed by atoms with Crippen LogP contribution in [0.3, 0.4) is 0 Å². The van der Waals surface area contributed by atoms with Crippen molar-refractivity contribution in [1.82, 2.24) is 4.98 Å². The highest BCUT2D eigenvalue weighted by atomic mass is 19.1. The third kappa shape index (κ3) is 2.92.